The van der Waals surface area contributed by atoms with E-state index >= 15 is 0 Å². The molecule has 146 valence electrons. The van der Waals surface area contributed by atoms with Crippen molar-refractivity contribution in [2.75, 3.05) is 31.1 Å². The van der Waals surface area contributed by atoms with E-state index in [0.717, 1.165) is 24.3 Å². The van der Waals surface area contributed by atoms with Gasteiger partial charge in [0.15, 0.2) is 0 Å². The standard InChI is InChI=1S/C20H29N5O2/c1-4-23(13-14-25-21-15-18(22-25)20(2,3)27)19(26)16-9-5-6-10-17(16)24-11-7-8-12-24/h5-6,9-10,15,27H,4,7-8,11-14H2,1-3H3. The van der Waals surface area contributed by atoms with Gasteiger partial charge in [-0.05, 0) is 45.7 Å². The number of amides is 1. The molecule has 7 heteroatoms. The fourth-order valence-electron chi connectivity index (χ4n) is 3.36. The van der Waals surface area contributed by atoms with Crippen LogP contribution in [0.5, 0.6) is 0 Å². The fraction of sp³-hybridized carbons (Fsp3) is 0.550. The first kappa shape index (κ1) is 19.4. The van der Waals surface area contributed by atoms with Crippen molar-refractivity contribution in [3.63, 3.8) is 0 Å². The van der Waals surface area contributed by atoms with Crippen molar-refractivity contribution in [2.24, 2.45) is 0 Å². The summed E-state index contributed by atoms with van der Waals surface area (Å²) in [5.41, 5.74) is 1.29. The van der Waals surface area contributed by atoms with Crippen LogP contribution in [0.25, 0.3) is 0 Å². The number of para-hydroxylation sites is 1. The molecule has 0 bridgehead atoms. The number of likely N-dealkylation sites (N-methyl/N-ethyl adjacent to an activating group) is 1. The first-order valence-electron chi connectivity index (χ1n) is 9.66. The first-order chi connectivity index (χ1) is 12.9. The maximum atomic E-state index is 13.1. The molecule has 2 aromatic rings. The van der Waals surface area contributed by atoms with Gasteiger partial charge in [0.1, 0.15) is 11.3 Å². The minimum Gasteiger partial charge on any atom is -0.384 e. The summed E-state index contributed by atoms with van der Waals surface area (Å²) in [6.45, 7) is 8.98. The molecule has 1 saturated heterocycles. The van der Waals surface area contributed by atoms with E-state index in [2.05, 4.69) is 15.1 Å². The summed E-state index contributed by atoms with van der Waals surface area (Å²) in [6, 6.07) is 7.87. The van der Waals surface area contributed by atoms with Gasteiger partial charge >= 0.3 is 0 Å². The van der Waals surface area contributed by atoms with Gasteiger partial charge in [0.2, 0.25) is 0 Å². The van der Waals surface area contributed by atoms with Crippen molar-refractivity contribution in [1.29, 1.82) is 0 Å². The lowest BCUT2D eigenvalue weighted by Crippen LogP contribution is -2.35. The summed E-state index contributed by atoms with van der Waals surface area (Å²) in [5, 5.41) is 18.5. The zero-order valence-electron chi connectivity index (χ0n) is 16.4. The van der Waals surface area contributed by atoms with Gasteiger partial charge in [0.25, 0.3) is 5.91 Å². The van der Waals surface area contributed by atoms with Crippen LogP contribution in [0, 0.1) is 0 Å². The molecule has 1 aliphatic heterocycles. The number of carbonyl (C=O) groups is 1. The highest BCUT2D eigenvalue weighted by atomic mass is 16.3. The molecule has 3 rings (SSSR count). The van der Waals surface area contributed by atoms with Crippen molar-refractivity contribution in [3.05, 3.63) is 41.7 Å². The summed E-state index contributed by atoms with van der Waals surface area (Å²) in [4.78, 5) is 18.8. The van der Waals surface area contributed by atoms with E-state index in [4.69, 9.17) is 0 Å². The third kappa shape index (κ3) is 4.47. The molecule has 1 aliphatic rings. The molecule has 2 heterocycles. The van der Waals surface area contributed by atoms with Crippen LogP contribution in [0.4, 0.5) is 5.69 Å². The Morgan fingerprint density at radius 3 is 2.59 bits per heavy atom. The van der Waals surface area contributed by atoms with Gasteiger partial charge in [-0.2, -0.15) is 15.0 Å². The third-order valence-electron chi connectivity index (χ3n) is 4.98. The zero-order valence-corrected chi connectivity index (χ0v) is 16.4. The van der Waals surface area contributed by atoms with Crippen LogP contribution in [0.2, 0.25) is 0 Å². The van der Waals surface area contributed by atoms with Gasteiger partial charge in [-0.3, -0.25) is 4.79 Å². The van der Waals surface area contributed by atoms with Gasteiger partial charge in [0, 0.05) is 31.9 Å². The Bertz CT molecular complexity index is 775. The number of benzene rings is 1. The Hall–Kier alpha value is -2.41. The Kier molecular flexibility index (Phi) is 5.79. The number of carbonyl (C=O) groups excluding carboxylic acids is 1. The van der Waals surface area contributed by atoms with Crippen LogP contribution in [0.1, 0.15) is 49.7 Å². The van der Waals surface area contributed by atoms with E-state index in [0.29, 0.717) is 25.3 Å². The topological polar surface area (TPSA) is 74.5 Å². The molecular formula is C20H29N5O2. The number of hydrogen-bond donors (Lipinski definition) is 1. The molecule has 0 saturated carbocycles. The van der Waals surface area contributed by atoms with Crippen LogP contribution >= 0.6 is 0 Å². The predicted octanol–water partition coefficient (Wildman–Crippen LogP) is 2.27. The van der Waals surface area contributed by atoms with Crippen molar-refractivity contribution in [1.82, 2.24) is 19.9 Å². The number of anilines is 1. The van der Waals surface area contributed by atoms with Gasteiger partial charge in [0.05, 0.1) is 18.3 Å². The molecule has 0 radical (unpaired) electrons. The predicted molar refractivity (Wildman–Crippen MR) is 105 cm³/mol. The molecule has 1 aromatic carbocycles. The lowest BCUT2D eigenvalue weighted by molar-refractivity contribution is 0.0715. The van der Waals surface area contributed by atoms with E-state index in [9.17, 15) is 9.90 Å². The fourth-order valence-corrected chi connectivity index (χ4v) is 3.36. The minimum absolute atomic E-state index is 0.0369. The summed E-state index contributed by atoms with van der Waals surface area (Å²) >= 11 is 0. The van der Waals surface area contributed by atoms with Crippen molar-refractivity contribution >= 4 is 11.6 Å². The van der Waals surface area contributed by atoms with Gasteiger partial charge < -0.3 is 14.9 Å². The summed E-state index contributed by atoms with van der Waals surface area (Å²) in [5.74, 6) is 0.0369. The average Bonchev–Trinajstić information content (AvgIpc) is 3.33. The van der Waals surface area contributed by atoms with E-state index < -0.39 is 5.60 Å². The van der Waals surface area contributed by atoms with Gasteiger partial charge in [-0.1, -0.05) is 12.1 Å². The van der Waals surface area contributed by atoms with Gasteiger partial charge in [-0.15, -0.1) is 0 Å². The Balaban J connectivity index is 1.70. The quantitative estimate of drug-likeness (QED) is 0.808. The molecule has 0 unspecified atom stereocenters. The summed E-state index contributed by atoms with van der Waals surface area (Å²) in [6.07, 6.45) is 3.92. The van der Waals surface area contributed by atoms with Crippen molar-refractivity contribution < 1.29 is 9.90 Å². The second kappa shape index (κ2) is 8.08. The van der Waals surface area contributed by atoms with Crippen LogP contribution in [-0.2, 0) is 12.1 Å². The Morgan fingerprint density at radius 2 is 1.96 bits per heavy atom. The molecule has 1 amide bonds. The Labute approximate surface area is 160 Å². The normalized spacial score (nSPS) is 14.6. The van der Waals surface area contributed by atoms with Gasteiger partial charge in [-0.25, -0.2) is 0 Å². The van der Waals surface area contributed by atoms with Crippen LogP contribution in [0.3, 0.4) is 0 Å². The van der Waals surface area contributed by atoms with Crippen LogP contribution in [-0.4, -0.2) is 57.1 Å². The molecular weight excluding hydrogens is 342 g/mol. The lowest BCUT2D eigenvalue weighted by Gasteiger charge is -2.25. The molecule has 1 aromatic heterocycles. The van der Waals surface area contributed by atoms with Crippen molar-refractivity contribution in [2.45, 2.75) is 45.8 Å². The third-order valence-corrected chi connectivity index (χ3v) is 4.98. The van der Waals surface area contributed by atoms with E-state index in [1.165, 1.54) is 17.6 Å². The molecule has 27 heavy (non-hydrogen) atoms. The maximum absolute atomic E-state index is 13.1. The monoisotopic (exact) mass is 371 g/mol. The molecule has 0 spiro atoms. The number of aliphatic hydroxyl groups is 1. The van der Waals surface area contributed by atoms with E-state index in [-0.39, 0.29) is 5.91 Å². The highest BCUT2D eigenvalue weighted by Gasteiger charge is 2.23. The molecule has 0 aliphatic carbocycles. The van der Waals surface area contributed by atoms with Crippen molar-refractivity contribution in [3.8, 4) is 0 Å². The highest BCUT2D eigenvalue weighted by Crippen LogP contribution is 2.25. The van der Waals surface area contributed by atoms with E-state index in [1.807, 2.05) is 36.1 Å². The summed E-state index contributed by atoms with van der Waals surface area (Å²) < 4.78 is 0. The second-order valence-electron chi connectivity index (χ2n) is 7.48. The lowest BCUT2D eigenvalue weighted by atomic mass is 10.1. The zero-order chi connectivity index (χ0) is 19.4. The number of aromatic nitrogens is 3. The number of rotatable bonds is 7. The molecule has 1 N–H and O–H groups in total. The van der Waals surface area contributed by atoms with Crippen LogP contribution < -0.4 is 4.90 Å². The Morgan fingerprint density at radius 1 is 1.26 bits per heavy atom. The summed E-state index contributed by atoms with van der Waals surface area (Å²) in [7, 11) is 0. The number of hydrogen-bond acceptors (Lipinski definition) is 5. The molecule has 7 nitrogen and oxygen atoms in total. The minimum atomic E-state index is -1.02. The molecule has 1 fully saturated rings. The first-order valence-corrected chi connectivity index (χ1v) is 9.66. The SMILES string of the molecule is CCN(CCn1ncc(C(C)(C)O)n1)C(=O)c1ccccc1N1CCCC1. The molecule has 0 atom stereocenters. The highest BCUT2D eigenvalue weighted by molar-refractivity contribution is 5.99. The average molecular weight is 371 g/mol. The van der Waals surface area contributed by atoms with Crippen LogP contribution in [0.15, 0.2) is 30.5 Å². The largest absolute Gasteiger partial charge is 0.384 e. The number of nitrogens with zero attached hydrogens (tertiary/aromatic N) is 5. The maximum Gasteiger partial charge on any atom is 0.256 e. The smallest absolute Gasteiger partial charge is 0.256 e. The second-order valence-corrected chi connectivity index (χ2v) is 7.48. The van der Waals surface area contributed by atoms with E-state index in [1.54, 1.807) is 20.0 Å².